The Bertz CT molecular complexity index is 1150. The molecule has 0 unspecified atom stereocenters. The lowest BCUT2D eigenvalue weighted by Gasteiger charge is -2.01. The SMILES string of the molecule is O=c1[nH]c(C(Cl)=Cc2cnn(Cc3ccccc3)c2)nc2ccccc12. The second-order valence-electron chi connectivity index (χ2n) is 5.88. The quantitative estimate of drug-likeness (QED) is 0.598. The summed E-state index contributed by atoms with van der Waals surface area (Å²) < 4.78 is 1.84. The van der Waals surface area contributed by atoms with Crippen molar-refractivity contribution in [3.63, 3.8) is 0 Å². The smallest absolute Gasteiger partial charge is 0.259 e. The van der Waals surface area contributed by atoms with E-state index in [0.717, 1.165) is 11.1 Å². The maximum Gasteiger partial charge on any atom is 0.259 e. The fraction of sp³-hybridized carbons (Fsp3) is 0.0500. The van der Waals surface area contributed by atoms with Gasteiger partial charge in [-0.05, 0) is 23.8 Å². The summed E-state index contributed by atoms with van der Waals surface area (Å²) in [6, 6.07) is 17.2. The Morgan fingerprint density at radius 3 is 2.73 bits per heavy atom. The van der Waals surface area contributed by atoms with Gasteiger partial charge in [-0.25, -0.2) is 4.98 Å². The fourth-order valence-corrected chi connectivity index (χ4v) is 2.94. The zero-order valence-corrected chi connectivity index (χ0v) is 14.5. The van der Waals surface area contributed by atoms with E-state index in [4.69, 9.17) is 11.6 Å². The van der Waals surface area contributed by atoms with Gasteiger partial charge >= 0.3 is 0 Å². The van der Waals surface area contributed by atoms with Crippen LogP contribution in [-0.4, -0.2) is 19.7 Å². The average molecular weight is 363 g/mol. The molecule has 2 heterocycles. The first-order valence-corrected chi connectivity index (χ1v) is 8.50. The van der Waals surface area contributed by atoms with Gasteiger partial charge in [0.15, 0.2) is 5.82 Å². The van der Waals surface area contributed by atoms with Gasteiger partial charge in [-0.3, -0.25) is 9.48 Å². The number of aromatic amines is 1. The van der Waals surface area contributed by atoms with Gasteiger partial charge in [0, 0.05) is 11.8 Å². The molecule has 4 aromatic rings. The van der Waals surface area contributed by atoms with Crippen LogP contribution in [0.3, 0.4) is 0 Å². The molecule has 2 aromatic heterocycles. The Hall–Kier alpha value is -3.18. The molecule has 0 amide bonds. The summed E-state index contributed by atoms with van der Waals surface area (Å²) in [6.07, 6.45) is 5.36. The van der Waals surface area contributed by atoms with Crippen LogP contribution in [-0.2, 0) is 6.54 Å². The number of benzene rings is 2. The highest BCUT2D eigenvalue weighted by Gasteiger charge is 2.07. The van der Waals surface area contributed by atoms with Crippen molar-refractivity contribution in [1.29, 1.82) is 0 Å². The van der Waals surface area contributed by atoms with Crippen LogP contribution in [0.25, 0.3) is 22.0 Å². The van der Waals surface area contributed by atoms with Gasteiger partial charge < -0.3 is 4.98 Å². The molecule has 0 saturated carbocycles. The van der Waals surface area contributed by atoms with E-state index in [1.54, 1.807) is 30.5 Å². The van der Waals surface area contributed by atoms with Crippen molar-refractivity contribution in [2.75, 3.05) is 0 Å². The number of H-pyrrole nitrogens is 1. The van der Waals surface area contributed by atoms with Crippen molar-refractivity contribution < 1.29 is 0 Å². The second-order valence-corrected chi connectivity index (χ2v) is 6.29. The van der Waals surface area contributed by atoms with E-state index >= 15 is 0 Å². The lowest BCUT2D eigenvalue weighted by Crippen LogP contribution is -2.10. The van der Waals surface area contributed by atoms with Crippen LogP contribution in [0.1, 0.15) is 17.0 Å². The minimum atomic E-state index is -0.211. The van der Waals surface area contributed by atoms with E-state index in [1.165, 1.54) is 0 Å². The number of nitrogens with zero attached hydrogens (tertiary/aromatic N) is 3. The number of hydrogen-bond donors (Lipinski definition) is 1. The summed E-state index contributed by atoms with van der Waals surface area (Å²) in [4.78, 5) is 19.3. The molecular formula is C20H15ClN4O. The highest BCUT2D eigenvalue weighted by atomic mass is 35.5. The molecule has 0 aliphatic carbocycles. The van der Waals surface area contributed by atoms with Gasteiger partial charge in [-0.2, -0.15) is 5.10 Å². The van der Waals surface area contributed by atoms with Crippen LogP contribution in [0.4, 0.5) is 0 Å². The maximum absolute atomic E-state index is 12.2. The summed E-state index contributed by atoms with van der Waals surface area (Å²) >= 11 is 6.37. The van der Waals surface area contributed by atoms with Gasteiger partial charge in [0.1, 0.15) is 0 Å². The van der Waals surface area contributed by atoms with Crippen molar-refractivity contribution >= 4 is 33.6 Å². The Labute approximate surface area is 154 Å². The van der Waals surface area contributed by atoms with Crippen molar-refractivity contribution in [3.05, 3.63) is 94.3 Å². The maximum atomic E-state index is 12.2. The lowest BCUT2D eigenvalue weighted by atomic mass is 10.2. The molecule has 1 N–H and O–H groups in total. The lowest BCUT2D eigenvalue weighted by molar-refractivity contribution is 0.687. The van der Waals surface area contributed by atoms with Crippen molar-refractivity contribution in [2.45, 2.75) is 6.54 Å². The van der Waals surface area contributed by atoms with Crippen LogP contribution in [0, 0.1) is 0 Å². The molecule has 6 heteroatoms. The number of halogens is 1. The summed E-state index contributed by atoms with van der Waals surface area (Å²) in [5.41, 5.74) is 2.40. The molecule has 0 aliphatic heterocycles. The zero-order valence-electron chi connectivity index (χ0n) is 13.8. The topological polar surface area (TPSA) is 63.6 Å². The molecule has 0 atom stereocenters. The predicted octanol–water partition coefficient (Wildman–Crippen LogP) is 3.90. The largest absolute Gasteiger partial charge is 0.305 e. The second kappa shape index (κ2) is 6.98. The van der Waals surface area contributed by atoms with Crippen LogP contribution in [0.5, 0.6) is 0 Å². The molecular weight excluding hydrogens is 348 g/mol. The minimum Gasteiger partial charge on any atom is -0.305 e. The van der Waals surface area contributed by atoms with E-state index < -0.39 is 0 Å². The molecule has 0 saturated heterocycles. The highest BCUT2D eigenvalue weighted by molar-refractivity contribution is 6.50. The third-order valence-electron chi connectivity index (χ3n) is 3.97. The molecule has 0 fully saturated rings. The first-order chi connectivity index (χ1) is 12.7. The van der Waals surface area contributed by atoms with E-state index in [2.05, 4.69) is 15.1 Å². The molecule has 0 spiro atoms. The van der Waals surface area contributed by atoms with Gasteiger partial charge in [0.2, 0.25) is 0 Å². The molecule has 0 bridgehead atoms. The highest BCUT2D eigenvalue weighted by Crippen LogP contribution is 2.19. The summed E-state index contributed by atoms with van der Waals surface area (Å²) in [6.45, 7) is 0.678. The van der Waals surface area contributed by atoms with Crippen LogP contribution in [0.15, 0.2) is 71.8 Å². The van der Waals surface area contributed by atoms with E-state index in [0.29, 0.717) is 28.3 Å². The monoisotopic (exact) mass is 362 g/mol. The van der Waals surface area contributed by atoms with E-state index in [-0.39, 0.29) is 5.56 Å². The van der Waals surface area contributed by atoms with Crippen molar-refractivity contribution in [2.24, 2.45) is 0 Å². The minimum absolute atomic E-state index is 0.211. The number of fused-ring (bicyclic) bond motifs is 1. The molecule has 4 rings (SSSR count). The van der Waals surface area contributed by atoms with E-state index in [9.17, 15) is 4.79 Å². The van der Waals surface area contributed by atoms with E-state index in [1.807, 2.05) is 47.3 Å². The average Bonchev–Trinajstić information content (AvgIpc) is 3.09. The molecule has 0 radical (unpaired) electrons. The van der Waals surface area contributed by atoms with Crippen molar-refractivity contribution in [1.82, 2.24) is 19.7 Å². The first-order valence-electron chi connectivity index (χ1n) is 8.12. The summed E-state index contributed by atoms with van der Waals surface area (Å²) in [5, 5.41) is 5.24. The van der Waals surface area contributed by atoms with Crippen molar-refractivity contribution in [3.8, 4) is 0 Å². The molecule has 5 nitrogen and oxygen atoms in total. The first kappa shape index (κ1) is 16.3. The predicted molar refractivity (Wildman–Crippen MR) is 104 cm³/mol. The van der Waals surface area contributed by atoms with Gasteiger partial charge in [-0.15, -0.1) is 0 Å². The Morgan fingerprint density at radius 1 is 1.12 bits per heavy atom. The van der Waals surface area contributed by atoms with Crippen LogP contribution < -0.4 is 5.56 Å². The standard InChI is InChI=1S/C20H15ClN4O/c21-17(19-23-18-9-5-4-8-16(18)20(26)24-19)10-15-11-22-25(13-15)12-14-6-2-1-3-7-14/h1-11,13H,12H2,(H,23,24,26). The zero-order chi connectivity index (χ0) is 17.9. The molecule has 0 aliphatic rings. The van der Waals surface area contributed by atoms with Gasteiger partial charge in [0.05, 0.1) is 28.7 Å². The third kappa shape index (κ3) is 3.43. The normalized spacial score (nSPS) is 11.8. The molecule has 128 valence electrons. The van der Waals surface area contributed by atoms with Crippen LogP contribution in [0.2, 0.25) is 0 Å². The third-order valence-corrected chi connectivity index (χ3v) is 4.26. The molecule has 2 aromatic carbocycles. The fourth-order valence-electron chi connectivity index (χ4n) is 2.73. The molecule has 26 heavy (non-hydrogen) atoms. The van der Waals surface area contributed by atoms with Crippen LogP contribution >= 0.6 is 11.6 Å². The summed E-state index contributed by atoms with van der Waals surface area (Å²) in [7, 11) is 0. The Morgan fingerprint density at radius 2 is 1.88 bits per heavy atom. The van der Waals surface area contributed by atoms with Gasteiger partial charge in [0.25, 0.3) is 5.56 Å². The Balaban J connectivity index is 1.61. The number of aromatic nitrogens is 4. The Kier molecular flexibility index (Phi) is 4.37. The summed E-state index contributed by atoms with van der Waals surface area (Å²) in [5.74, 6) is 0.339. The van der Waals surface area contributed by atoms with Gasteiger partial charge in [-0.1, -0.05) is 54.1 Å². The number of para-hydroxylation sites is 1. The number of rotatable bonds is 4. The number of hydrogen-bond acceptors (Lipinski definition) is 3. The number of nitrogens with one attached hydrogen (secondary N) is 1.